The molecule has 1 amide bonds. The van der Waals surface area contributed by atoms with E-state index in [2.05, 4.69) is 21.2 Å². The van der Waals surface area contributed by atoms with Gasteiger partial charge in [-0.3, -0.25) is 9.59 Å². The molecule has 1 saturated carbocycles. The van der Waals surface area contributed by atoms with Gasteiger partial charge in [0.2, 0.25) is 5.91 Å². The van der Waals surface area contributed by atoms with E-state index in [9.17, 15) is 9.59 Å². The summed E-state index contributed by atoms with van der Waals surface area (Å²) in [6, 6.07) is 5.33. The Hall–Kier alpha value is -1.82. The first-order valence-electron chi connectivity index (χ1n) is 6.26. The smallest absolute Gasteiger partial charge is 0.264 e. The summed E-state index contributed by atoms with van der Waals surface area (Å²) in [4.78, 5) is 23.7. The van der Waals surface area contributed by atoms with E-state index in [-0.39, 0.29) is 23.3 Å². The van der Waals surface area contributed by atoms with Crippen LogP contribution in [0, 0.1) is 5.92 Å². The number of hydrogen-bond acceptors (Lipinski definition) is 3. The number of hydrogen-bond donors (Lipinski definition) is 1. The van der Waals surface area contributed by atoms with Gasteiger partial charge in [-0.1, -0.05) is 0 Å². The van der Waals surface area contributed by atoms with Crippen LogP contribution in [0.25, 0.3) is 0 Å². The van der Waals surface area contributed by atoms with Crippen molar-refractivity contribution in [1.82, 2.24) is 4.57 Å². The van der Waals surface area contributed by atoms with Gasteiger partial charge in [0.1, 0.15) is 5.76 Å². The molecule has 2 aromatic heterocycles. The minimum atomic E-state index is -0.136. The number of carbonyl (C=O) groups excluding carboxylic acids is 1. The second-order valence-electron chi connectivity index (χ2n) is 4.95. The minimum Gasteiger partial charge on any atom is -0.469 e. The fraction of sp³-hybridized carbons (Fsp3) is 0.286. The predicted octanol–water partition coefficient (Wildman–Crippen LogP) is 2.48. The number of rotatable bonds is 3. The lowest BCUT2D eigenvalue weighted by Gasteiger charge is -2.07. The summed E-state index contributed by atoms with van der Waals surface area (Å²) in [6.07, 6.45) is 4.02. The van der Waals surface area contributed by atoms with Crippen LogP contribution in [-0.4, -0.2) is 10.5 Å². The van der Waals surface area contributed by atoms with Crippen molar-refractivity contribution in [2.45, 2.75) is 12.3 Å². The molecule has 5 nitrogen and oxygen atoms in total. The second-order valence-corrected chi connectivity index (χ2v) is 5.80. The molecule has 1 N–H and O–H groups in total. The number of aromatic nitrogens is 1. The molecule has 0 radical (unpaired) electrons. The molecule has 0 spiro atoms. The average molecular weight is 337 g/mol. The van der Waals surface area contributed by atoms with Crippen LogP contribution in [0.2, 0.25) is 0 Å². The minimum absolute atomic E-state index is 0.0445. The van der Waals surface area contributed by atoms with Crippen LogP contribution in [0.1, 0.15) is 18.1 Å². The number of anilines is 1. The molecule has 1 aliphatic carbocycles. The maximum Gasteiger partial charge on any atom is 0.264 e. The van der Waals surface area contributed by atoms with Gasteiger partial charge in [-0.15, -0.1) is 0 Å². The number of aryl methyl sites for hydroxylation is 1. The largest absolute Gasteiger partial charge is 0.469 e. The molecule has 1 aliphatic rings. The molecule has 20 heavy (non-hydrogen) atoms. The molecule has 1 fully saturated rings. The summed E-state index contributed by atoms with van der Waals surface area (Å²) >= 11 is 3.18. The summed E-state index contributed by atoms with van der Waals surface area (Å²) < 4.78 is 7.16. The van der Waals surface area contributed by atoms with Crippen molar-refractivity contribution in [2.24, 2.45) is 13.0 Å². The van der Waals surface area contributed by atoms with E-state index in [1.807, 2.05) is 12.1 Å². The van der Waals surface area contributed by atoms with E-state index in [0.29, 0.717) is 10.2 Å². The summed E-state index contributed by atoms with van der Waals surface area (Å²) in [5, 5.41) is 2.83. The number of pyridine rings is 1. The number of halogens is 1. The molecule has 2 atom stereocenters. The Morgan fingerprint density at radius 1 is 1.55 bits per heavy atom. The highest BCUT2D eigenvalue weighted by atomic mass is 79.9. The van der Waals surface area contributed by atoms with Crippen LogP contribution in [0.4, 0.5) is 5.69 Å². The molecule has 6 heteroatoms. The van der Waals surface area contributed by atoms with Crippen molar-refractivity contribution in [2.75, 3.05) is 5.32 Å². The van der Waals surface area contributed by atoms with Gasteiger partial charge in [-0.2, -0.15) is 0 Å². The Morgan fingerprint density at radius 3 is 3.00 bits per heavy atom. The number of carbonyl (C=O) groups is 1. The van der Waals surface area contributed by atoms with Crippen LogP contribution in [0.15, 0.2) is 44.3 Å². The van der Waals surface area contributed by atoms with Crippen molar-refractivity contribution in [1.29, 1.82) is 0 Å². The topological polar surface area (TPSA) is 64.2 Å². The lowest BCUT2D eigenvalue weighted by molar-refractivity contribution is -0.117. The van der Waals surface area contributed by atoms with Gasteiger partial charge in [0, 0.05) is 25.1 Å². The third-order valence-corrected chi connectivity index (χ3v) is 4.01. The van der Waals surface area contributed by atoms with Gasteiger partial charge >= 0.3 is 0 Å². The predicted molar refractivity (Wildman–Crippen MR) is 77.6 cm³/mol. The summed E-state index contributed by atoms with van der Waals surface area (Å²) in [5.41, 5.74) is 0.469. The first-order valence-corrected chi connectivity index (χ1v) is 7.06. The molecule has 3 rings (SSSR count). The average Bonchev–Trinajstić information content (AvgIpc) is 3.02. The van der Waals surface area contributed by atoms with Gasteiger partial charge in [-0.05, 0) is 40.5 Å². The van der Waals surface area contributed by atoms with Crippen LogP contribution in [0.3, 0.4) is 0 Å². The van der Waals surface area contributed by atoms with Crippen molar-refractivity contribution >= 4 is 27.5 Å². The zero-order valence-corrected chi connectivity index (χ0v) is 12.4. The van der Waals surface area contributed by atoms with E-state index < -0.39 is 0 Å². The summed E-state index contributed by atoms with van der Waals surface area (Å²) in [5.74, 6) is 0.918. The maximum atomic E-state index is 12.1. The second kappa shape index (κ2) is 4.94. The quantitative estimate of drug-likeness (QED) is 0.936. The molecule has 2 heterocycles. The van der Waals surface area contributed by atoms with Gasteiger partial charge < -0.3 is 14.3 Å². The molecule has 2 aromatic rings. The van der Waals surface area contributed by atoms with Gasteiger partial charge in [0.15, 0.2) is 0 Å². The number of furan rings is 1. The van der Waals surface area contributed by atoms with Gasteiger partial charge in [0.05, 0.1) is 16.4 Å². The van der Waals surface area contributed by atoms with Crippen molar-refractivity contribution in [3.05, 3.63) is 51.2 Å². The van der Waals surface area contributed by atoms with E-state index in [0.717, 1.165) is 12.2 Å². The first-order chi connectivity index (χ1) is 9.56. The molecule has 0 aromatic carbocycles. The van der Waals surface area contributed by atoms with Crippen molar-refractivity contribution in [3.8, 4) is 0 Å². The lowest BCUT2D eigenvalue weighted by atomic mass is 10.2. The first kappa shape index (κ1) is 13.2. The van der Waals surface area contributed by atoms with Crippen molar-refractivity contribution < 1.29 is 9.21 Å². The summed E-state index contributed by atoms with van der Waals surface area (Å²) in [7, 11) is 1.64. The standard InChI is InChI=1S/C14H13BrN2O3/c1-17-7-8(5-11(15)14(17)19)16-13(18)10-6-9(10)12-3-2-4-20-12/h2-5,7,9-10H,6H2,1H3,(H,16,18)/t9-,10-/m1/s1. The maximum absolute atomic E-state index is 12.1. The summed E-state index contributed by atoms with van der Waals surface area (Å²) in [6.45, 7) is 0. The van der Waals surface area contributed by atoms with Gasteiger partial charge in [-0.25, -0.2) is 0 Å². The molecule has 0 saturated heterocycles. The monoisotopic (exact) mass is 336 g/mol. The molecular formula is C14H13BrN2O3. The van der Waals surface area contributed by atoms with Crippen LogP contribution >= 0.6 is 15.9 Å². The fourth-order valence-corrected chi connectivity index (χ4v) is 2.80. The van der Waals surface area contributed by atoms with E-state index in [1.165, 1.54) is 4.57 Å². The van der Waals surface area contributed by atoms with E-state index in [4.69, 9.17) is 4.42 Å². The lowest BCUT2D eigenvalue weighted by Crippen LogP contribution is -2.20. The highest BCUT2D eigenvalue weighted by molar-refractivity contribution is 9.10. The Morgan fingerprint density at radius 2 is 2.35 bits per heavy atom. The molecule has 0 unspecified atom stereocenters. The molecule has 0 bridgehead atoms. The zero-order chi connectivity index (χ0) is 14.3. The van der Waals surface area contributed by atoms with Crippen LogP contribution in [0.5, 0.6) is 0 Å². The molecule has 0 aliphatic heterocycles. The fourth-order valence-electron chi connectivity index (χ4n) is 2.28. The zero-order valence-electron chi connectivity index (χ0n) is 10.8. The third-order valence-electron chi connectivity index (χ3n) is 3.44. The van der Waals surface area contributed by atoms with Crippen LogP contribution in [-0.2, 0) is 11.8 Å². The Bertz CT molecular complexity index is 679. The number of nitrogens with one attached hydrogen (secondary N) is 1. The highest BCUT2D eigenvalue weighted by Crippen LogP contribution is 2.48. The normalized spacial score (nSPS) is 20.7. The Kier molecular flexibility index (Phi) is 3.25. The SMILES string of the molecule is Cn1cc(NC(=O)[C@@H]2C[C@H]2c2ccco2)cc(Br)c1=O. The van der Waals surface area contributed by atoms with E-state index in [1.54, 1.807) is 25.6 Å². The highest BCUT2D eigenvalue weighted by Gasteiger charge is 2.45. The Labute approximate surface area is 123 Å². The van der Waals surface area contributed by atoms with Crippen molar-refractivity contribution in [3.63, 3.8) is 0 Å². The number of amides is 1. The third kappa shape index (κ3) is 2.43. The van der Waals surface area contributed by atoms with Crippen LogP contribution < -0.4 is 10.9 Å². The van der Waals surface area contributed by atoms with Gasteiger partial charge in [0.25, 0.3) is 5.56 Å². The molecular weight excluding hydrogens is 324 g/mol. The number of nitrogens with zero attached hydrogens (tertiary/aromatic N) is 1. The Balaban J connectivity index is 1.70. The van der Waals surface area contributed by atoms with E-state index >= 15 is 0 Å². The molecule has 104 valence electrons.